The molecule has 8 nitrogen and oxygen atoms in total. The van der Waals surface area contributed by atoms with Gasteiger partial charge in [-0.2, -0.15) is 0 Å². The molecule has 8 heteroatoms. The van der Waals surface area contributed by atoms with E-state index in [0.29, 0.717) is 18.4 Å². The highest BCUT2D eigenvalue weighted by molar-refractivity contribution is 5.93. The smallest absolute Gasteiger partial charge is 0.313 e. The standard InChI is InChI=1S/C27H32O8/c1-13(2)23-11-15(4)26-17-10-14(3)19(29)25(17,31)22(30)24(12-28)21(32-24)18(26)20(23)33-27(34-23,35-26)16-8-6-5-7-9-16/h5-9,14-15,17-18,20-22,28,30-31H,1,10-12H2,2-4H3/t14-,15+,17-,18+,20+,21-,22+,23+,24+,25+,26-,27-/m0/s1. The molecule has 1 aromatic rings. The molecule has 0 amide bonds. The van der Waals surface area contributed by atoms with Crippen molar-refractivity contribution >= 4 is 5.78 Å². The molecule has 6 aliphatic rings. The van der Waals surface area contributed by atoms with Crippen molar-refractivity contribution < 1.29 is 39.1 Å². The van der Waals surface area contributed by atoms with Crippen LogP contribution < -0.4 is 0 Å². The summed E-state index contributed by atoms with van der Waals surface area (Å²) in [5.41, 5.74) is -4.14. The summed E-state index contributed by atoms with van der Waals surface area (Å²) in [7, 11) is 0. The van der Waals surface area contributed by atoms with Crippen molar-refractivity contribution in [3.63, 3.8) is 0 Å². The molecular formula is C27H32O8. The fourth-order valence-corrected chi connectivity index (χ4v) is 8.55. The number of hydrogen-bond donors (Lipinski definition) is 3. The fourth-order valence-electron chi connectivity index (χ4n) is 8.55. The number of hydrogen-bond acceptors (Lipinski definition) is 8. The van der Waals surface area contributed by atoms with Crippen LogP contribution >= 0.6 is 0 Å². The number of fused-ring (bicyclic) bond motifs is 3. The van der Waals surface area contributed by atoms with E-state index >= 15 is 0 Å². The molecular weight excluding hydrogens is 452 g/mol. The average Bonchev–Trinajstić information content (AvgIpc) is 3.48. The Hall–Kier alpha value is -1.65. The quantitative estimate of drug-likeness (QED) is 0.436. The molecule has 3 aliphatic carbocycles. The van der Waals surface area contributed by atoms with Crippen molar-refractivity contribution in [1.29, 1.82) is 0 Å². The maximum Gasteiger partial charge on any atom is 0.313 e. The molecule has 0 unspecified atom stereocenters. The zero-order valence-electron chi connectivity index (χ0n) is 20.1. The fraction of sp³-hybridized carbons (Fsp3) is 0.667. The van der Waals surface area contributed by atoms with E-state index in [1.807, 2.05) is 44.2 Å². The highest BCUT2D eigenvalue weighted by Gasteiger charge is 2.89. The zero-order chi connectivity index (χ0) is 24.8. The molecule has 3 N–H and O–H groups in total. The van der Waals surface area contributed by atoms with Crippen LogP contribution in [0, 0.1) is 23.7 Å². The lowest BCUT2D eigenvalue weighted by atomic mass is 9.54. The van der Waals surface area contributed by atoms with Crippen molar-refractivity contribution in [2.24, 2.45) is 23.7 Å². The van der Waals surface area contributed by atoms with Gasteiger partial charge in [0.1, 0.15) is 29.5 Å². The van der Waals surface area contributed by atoms with Gasteiger partial charge in [0, 0.05) is 23.3 Å². The van der Waals surface area contributed by atoms with Crippen LogP contribution in [0.3, 0.4) is 0 Å². The monoisotopic (exact) mass is 484 g/mol. The van der Waals surface area contributed by atoms with Gasteiger partial charge in [0.2, 0.25) is 0 Å². The number of benzene rings is 1. The van der Waals surface area contributed by atoms with E-state index in [-0.39, 0.29) is 5.92 Å². The first-order valence-electron chi connectivity index (χ1n) is 12.6. The highest BCUT2D eigenvalue weighted by Crippen LogP contribution is 2.74. The zero-order valence-corrected chi connectivity index (χ0v) is 20.1. The van der Waals surface area contributed by atoms with E-state index in [4.69, 9.17) is 18.9 Å². The molecule has 0 aromatic heterocycles. The molecule has 3 saturated carbocycles. The molecule has 1 aromatic carbocycles. The number of Topliss-reactive ketones (excluding diaryl/α,β-unsaturated/α-hetero) is 1. The minimum absolute atomic E-state index is 0.199. The number of aliphatic hydroxyl groups is 3. The molecule has 3 saturated heterocycles. The summed E-state index contributed by atoms with van der Waals surface area (Å²) in [6.07, 6.45) is -1.97. The summed E-state index contributed by atoms with van der Waals surface area (Å²) >= 11 is 0. The van der Waals surface area contributed by atoms with Crippen LogP contribution in [-0.2, 0) is 29.7 Å². The van der Waals surface area contributed by atoms with Crippen LogP contribution in [0.2, 0.25) is 0 Å². The van der Waals surface area contributed by atoms with E-state index in [0.717, 1.165) is 5.57 Å². The largest absolute Gasteiger partial charge is 0.393 e. The molecule has 3 heterocycles. The highest BCUT2D eigenvalue weighted by atomic mass is 16.9. The van der Waals surface area contributed by atoms with Gasteiger partial charge in [-0.1, -0.05) is 50.8 Å². The second-order valence-corrected chi connectivity index (χ2v) is 11.8. The topological polar surface area (TPSA) is 118 Å². The second kappa shape index (κ2) is 6.42. The van der Waals surface area contributed by atoms with Crippen LogP contribution in [-0.4, -0.2) is 68.4 Å². The molecule has 35 heavy (non-hydrogen) atoms. The number of carbonyl (C=O) groups excluding carboxylic acids is 1. The molecule has 6 fully saturated rings. The van der Waals surface area contributed by atoms with Gasteiger partial charge >= 0.3 is 5.97 Å². The molecule has 0 radical (unpaired) electrons. The van der Waals surface area contributed by atoms with Crippen molar-refractivity contribution in [2.45, 2.75) is 80.3 Å². The van der Waals surface area contributed by atoms with E-state index < -0.39 is 76.8 Å². The Bertz CT molecular complexity index is 1140. The Balaban J connectivity index is 1.52. The lowest BCUT2D eigenvalue weighted by Gasteiger charge is -2.60. The average molecular weight is 485 g/mol. The lowest BCUT2D eigenvalue weighted by Crippen LogP contribution is -2.72. The molecule has 7 rings (SSSR count). The predicted octanol–water partition coefficient (Wildman–Crippen LogP) is 1.41. The van der Waals surface area contributed by atoms with Crippen molar-refractivity contribution in [2.75, 3.05) is 6.61 Å². The maximum atomic E-state index is 13.5. The number of aliphatic hydroxyl groups excluding tert-OH is 2. The van der Waals surface area contributed by atoms with E-state index in [2.05, 4.69) is 6.58 Å². The van der Waals surface area contributed by atoms with Gasteiger partial charge in [-0.05, 0) is 31.3 Å². The first-order chi connectivity index (χ1) is 16.5. The predicted molar refractivity (Wildman–Crippen MR) is 121 cm³/mol. The molecule has 3 bridgehead atoms. The molecule has 3 aliphatic heterocycles. The Morgan fingerprint density at radius 3 is 2.51 bits per heavy atom. The maximum absolute atomic E-state index is 13.5. The van der Waals surface area contributed by atoms with Gasteiger partial charge in [-0.25, -0.2) is 0 Å². The minimum atomic E-state index is -2.13. The van der Waals surface area contributed by atoms with Crippen LogP contribution in [0.5, 0.6) is 0 Å². The molecule has 188 valence electrons. The summed E-state index contributed by atoms with van der Waals surface area (Å²) in [6, 6.07) is 9.41. The van der Waals surface area contributed by atoms with Gasteiger partial charge < -0.3 is 34.3 Å². The third kappa shape index (κ3) is 2.20. The third-order valence-electron chi connectivity index (χ3n) is 10.2. The first-order valence-corrected chi connectivity index (χ1v) is 12.6. The Labute approximate surface area is 203 Å². The first kappa shape index (κ1) is 22.5. The van der Waals surface area contributed by atoms with Crippen molar-refractivity contribution in [3.8, 4) is 0 Å². The number of ketones is 1. The van der Waals surface area contributed by atoms with Gasteiger partial charge in [-0.3, -0.25) is 4.79 Å². The van der Waals surface area contributed by atoms with E-state index in [9.17, 15) is 20.1 Å². The Morgan fingerprint density at radius 1 is 1.14 bits per heavy atom. The summed E-state index contributed by atoms with van der Waals surface area (Å²) in [5.74, 6) is -3.91. The van der Waals surface area contributed by atoms with E-state index in [1.54, 1.807) is 6.92 Å². The number of epoxide rings is 1. The van der Waals surface area contributed by atoms with Gasteiger partial charge in [0.15, 0.2) is 11.4 Å². The Morgan fingerprint density at radius 2 is 1.86 bits per heavy atom. The minimum Gasteiger partial charge on any atom is -0.393 e. The van der Waals surface area contributed by atoms with Crippen LogP contribution in [0.25, 0.3) is 0 Å². The number of ether oxygens (including phenoxy) is 4. The summed E-state index contributed by atoms with van der Waals surface area (Å²) in [4.78, 5) is 13.5. The molecule has 0 spiro atoms. The van der Waals surface area contributed by atoms with Crippen molar-refractivity contribution in [3.05, 3.63) is 48.0 Å². The van der Waals surface area contributed by atoms with Crippen molar-refractivity contribution in [1.82, 2.24) is 0 Å². The number of carbonyl (C=O) groups is 1. The normalized spacial score (nSPS) is 57.3. The van der Waals surface area contributed by atoms with Gasteiger partial charge in [0.05, 0.1) is 12.2 Å². The van der Waals surface area contributed by atoms with Gasteiger partial charge in [-0.15, -0.1) is 0 Å². The lowest BCUT2D eigenvalue weighted by molar-refractivity contribution is -0.442. The summed E-state index contributed by atoms with van der Waals surface area (Å²) in [5, 5.41) is 34.1. The van der Waals surface area contributed by atoms with Gasteiger partial charge in [0.25, 0.3) is 0 Å². The van der Waals surface area contributed by atoms with E-state index in [1.165, 1.54) is 0 Å². The van der Waals surface area contributed by atoms with Crippen LogP contribution in [0.4, 0.5) is 0 Å². The molecule has 12 atom stereocenters. The SMILES string of the molecule is C=C(C)[C@]12C[C@@H](C)[C@@]34O[C@@](c5ccccc5)(O[C@@H]1[C@@H]3[C@@H]1O[C@@]1(CO)[C@@H](O)[C@]1(O)C(=O)[C@@H](C)C[C@@H]14)O2. The van der Waals surface area contributed by atoms with Crippen LogP contribution in [0.1, 0.15) is 39.2 Å². The third-order valence-corrected chi connectivity index (χ3v) is 10.2. The number of rotatable bonds is 3. The summed E-state index contributed by atoms with van der Waals surface area (Å²) < 4.78 is 26.6. The second-order valence-electron chi connectivity index (χ2n) is 11.8. The van der Waals surface area contributed by atoms with Crippen LogP contribution in [0.15, 0.2) is 42.5 Å². The summed E-state index contributed by atoms with van der Waals surface area (Å²) in [6.45, 7) is 9.47. The Kier molecular flexibility index (Phi) is 4.14.